The first-order valence-corrected chi connectivity index (χ1v) is 9.85. The smallest absolute Gasteiger partial charge is 0.265 e. The summed E-state index contributed by atoms with van der Waals surface area (Å²) >= 11 is 0. The Balaban J connectivity index is 1.82. The van der Waals surface area contributed by atoms with Crippen molar-refractivity contribution in [1.82, 2.24) is 5.32 Å². The number of aliphatic hydroxyl groups is 1. The summed E-state index contributed by atoms with van der Waals surface area (Å²) < 4.78 is 11.3. The lowest BCUT2D eigenvalue weighted by Crippen LogP contribution is -2.61. The van der Waals surface area contributed by atoms with Crippen LogP contribution in [-0.2, 0) is 23.9 Å². The quantitative estimate of drug-likeness (QED) is 0.547. The van der Waals surface area contributed by atoms with Crippen LogP contribution in [0.5, 0.6) is 0 Å². The number of nitrogens with one attached hydrogen (secondary N) is 1. The molecule has 0 bridgehead atoms. The lowest BCUT2D eigenvalue weighted by atomic mass is 9.75. The molecule has 2 N–H and O–H groups in total. The minimum absolute atomic E-state index is 0.175. The van der Waals surface area contributed by atoms with Gasteiger partial charge in [-0.1, -0.05) is 50.3 Å². The molecule has 1 amide bonds. The molecule has 1 aromatic rings. The summed E-state index contributed by atoms with van der Waals surface area (Å²) in [6, 6.07) is 7.97. The van der Waals surface area contributed by atoms with Gasteiger partial charge in [-0.05, 0) is 12.5 Å². The largest absolute Gasteiger partial charge is 0.383 e. The molecule has 0 unspecified atom stereocenters. The highest BCUT2D eigenvalue weighted by atomic mass is 16.6. The molecular formula is C22H23NO7. The second-order valence-corrected chi connectivity index (χ2v) is 7.95. The van der Waals surface area contributed by atoms with E-state index in [1.807, 2.05) is 6.92 Å². The topological polar surface area (TPSA) is 119 Å². The lowest BCUT2D eigenvalue weighted by molar-refractivity contribution is -0.189. The fourth-order valence-electron chi connectivity index (χ4n) is 5.01. The third kappa shape index (κ3) is 2.21. The number of hydrogen-bond donors (Lipinski definition) is 2. The van der Waals surface area contributed by atoms with Crippen molar-refractivity contribution < 1.29 is 33.8 Å². The van der Waals surface area contributed by atoms with Gasteiger partial charge in [0.25, 0.3) is 5.91 Å². The Bertz CT molecular complexity index is 973. The second-order valence-electron chi connectivity index (χ2n) is 7.95. The van der Waals surface area contributed by atoms with Gasteiger partial charge in [0.05, 0.1) is 5.92 Å². The van der Waals surface area contributed by atoms with E-state index >= 15 is 0 Å². The molecule has 1 aromatic carbocycles. The number of carbonyl (C=O) groups excluding carboxylic acids is 4. The molecule has 0 saturated carbocycles. The second kappa shape index (κ2) is 6.66. The summed E-state index contributed by atoms with van der Waals surface area (Å²) in [5.74, 6) is -4.34. The molecule has 0 radical (unpaired) electrons. The highest BCUT2D eigenvalue weighted by Crippen LogP contribution is 2.53. The average Bonchev–Trinajstić information content (AvgIpc) is 3.29. The summed E-state index contributed by atoms with van der Waals surface area (Å²) in [4.78, 5) is 52.5. The molecule has 2 spiro atoms. The summed E-state index contributed by atoms with van der Waals surface area (Å²) in [5.41, 5.74) is -6.07. The molecule has 2 aliphatic heterocycles. The molecule has 8 heteroatoms. The number of ether oxygens (including phenoxy) is 2. The fourth-order valence-corrected chi connectivity index (χ4v) is 5.01. The standard InChI is InChI=1S/C22H23NO7/c1-4-14-10-11-15(24)20(14)12(2)16(25)21(30-20)18(27)22(29-3,23-19(21)28)17(26)13-8-6-5-7-9-13/h5-12,14,18,27H,4H2,1-3H3,(H,23,28)/t12-,14+,18+,20-,21-,22-/m1/s1. The Morgan fingerprint density at radius 1 is 1.23 bits per heavy atom. The van der Waals surface area contributed by atoms with E-state index < -0.39 is 58.1 Å². The third-order valence-corrected chi connectivity index (χ3v) is 6.69. The molecule has 30 heavy (non-hydrogen) atoms. The lowest BCUT2D eigenvalue weighted by Gasteiger charge is -2.35. The van der Waals surface area contributed by atoms with E-state index in [4.69, 9.17) is 9.47 Å². The van der Waals surface area contributed by atoms with Crippen LogP contribution in [0.2, 0.25) is 0 Å². The average molecular weight is 413 g/mol. The highest BCUT2D eigenvalue weighted by Gasteiger charge is 2.79. The van der Waals surface area contributed by atoms with Crippen molar-refractivity contribution in [2.24, 2.45) is 11.8 Å². The van der Waals surface area contributed by atoms with Gasteiger partial charge in [0.15, 0.2) is 17.7 Å². The predicted molar refractivity (Wildman–Crippen MR) is 103 cm³/mol. The Kier molecular flexibility index (Phi) is 4.57. The minimum Gasteiger partial charge on any atom is -0.383 e. The highest BCUT2D eigenvalue weighted by molar-refractivity contribution is 6.21. The summed E-state index contributed by atoms with van der Waals surface area (Å²) in [6.07, 6.45) is 1.50. The number of rotatable bonds is 4. The molecule has 8 nitrogen and oxygen atoms in total. The van der Waals surface area contributed by atoms with Crippen LogP contribution in [0, 0.1) is 11.8 Å². The minimum atomic E-state index is -2.42. The van der Waals surface area contributed by atoms with E-state index in [1.54, 1.807) is 24.3 Å². The van der Waals surface area contributed by atoms with E-state index in [-0.39, 0.29) is 5.56 Å². The Hall–Kier alpha value is -2.68. The predicted octanol–water partition coefficient (Wildman–Crippen LogP) is 0.581. The van der Waals surface area contributed by atoms with E-state index in [2.05, 4.69) is 5.32 Å². The number of hydrogen-bond acceptors (Lipinski definition) is 7. The molecule has 2 saturated heterocycles. The van der Waals surface area contributed by atoms with Crippen molar-refractivity contribution in [3.63, 3.8) is 0 Å². The van der Waals surface area contributed by atoms with Gasteiger partial charge in [-0.3, -0.25) is 19.2 Å². The van der Waals surface area contributed by atoms with E-state index in [1.165, 1.54) is 25.1 Å². The fraction of sp³-hybridized carbons (Fsp3) is 0.455. The molecule has 0 aromatic heterocycles. The Morgan fingerprint density at radius 3 is 2.50 bits per heavy atom. The van der Waals surface area contributed by atoms with Gasteiger partial charge in [0.1, 0.15) is 5.60 Å². The van der Waals surface area contributed by atoms with E-state index in [0.717, 1.165) is 7.11 Å². The normalized spacial score (nSPS) is 40.0. The third-order valence-electron chi connectivity index (χ3n) is 6.69. The van der Waals surface area contributed by atoms with Crippen molar-refractivity contribution in [3.05, 3.63) is 48.0 Å². The summed E-state index contributed by atoms with van der Waals surface area (Å²) in [6.45, 7) is 3.35. The zero-order valence-electron chi connectivity index (χ0n) is 16.9. The molecule has 6 atom stereocenters. The van der Waals surface area contributed by atoms with Crippen molar-refractivity contribution in [2.45, 2.75) is 43.3 Å². The molecule has 3 aliphatic rings. The van der Waals surface area contributed by atoms with Gasteiger partial charge < -0.3 is 19.9 Å². The Labute approximate surface area is 173 Å². The zero-order chi connectivity index (χ0) is 21.9. The van der Waals surface area contributed by atoms with Crippen LogP contribution in [-0.4, -0.2) is 58.5 Å². The Morgan fingerprint density at radius 2 is 1.90 bits per heavy atom. The first-order valence-electron chi connectivity index (χ1n) is 9.85. The molecular weight excluding hydrogens is 390 g/mol. The SMILES string of the molecule is CC[C@H]1C=CC(=O)[C@]12O[C@]1(C(=O)N[C@@](OC)(C(=O)c3ccccc3)[C@H]1O)C(=O)[C@H]2C. The van der Waals surface area contributed by atoms with Gasteiger partial charge in [-0.15, -0.1) is 0 Å². The number of benzene rings is 1. The van der Waals surface area contributed by atoms with E-state index in [9.17, 15) is 24.3 Å². The van der Waals surface area contributed by atoms with Crippen LogP contribution in [0.4, 0.5) is 0 Å². The number of carbonyl (C=O) groups is 4. The molecule has 1 aliphatic carbocycles. The van der Waals surface area contributed by atoms with Gasteiger partial charge in [0, 0.05) is 18.6 Å². The first kappa shape index (κ1) is 20.6. The van der Waals surface area contributed by atoms with Crippen molar-refractivity contribution >= 4 is 23.3 Å². The molecule has 2 fully saturated rings. The number of Topliss-reactive ketones (excluding diaryl/α,β-unsaturated/α-hetero) is 2. The zero-order valence-corrected chi connectivity index (χ0v) is 16.9. The van der Waals surface area contributed by atoms with Crippen molar-refractivity contribution in [3.8, 4) is 0 Å². The maximum atomic E-state index is 13.4. The molecule has 2 heterocycles. The van der Waals surface area contributed by atoms with Gasteiger partial charge in [-0.25, -0.2) is 0 Å². The van der Waals surface area contributed by atoms with Crippen molar-refractivity contribution in [1.29, 1.82) is 0 Å². The number of ketones is 3. The van der Waals surface area contributed by atoms with Crippen LogP contribution in [0.15, 0.2) is 42.5 Å². The maximum absolute atomic E-state index is 13.4. The van der Waals surface area contributed by atoms with Gasteiger partial charge in [-0.2, -0.15) is 0 Å². The van der Waals surface area contributed by atoms with Gasteiger partial charge >= 0.3 is 0 Å². The van der Waals surface area contributed by atoms with Gasteiger partial charge in [0.2, 0.25) is 17.1 Å². The van der Waals surface area contributed by atoms with E-state index in [0.29, 0.717) is 6.42 Å². The monoisotopic (exact) mass is 413 g/mol. The van der Waals surface area contributed by atoms with Crippen LogP contribution in [0.3, 0.4) is 0 Å². The van der Waals surface area contributed by atoms with Crippen LogP contribution in [0.1, 0.15) is 30.6 Å². The van der Waals surface area contributed by atoms with Crippen LogP contribution < -0.4 is 5.32 Å². The van der Waals surface area contributed by atoms with Crippen LogP contribution >= 0.6 is 0 Å². The summed E-state index contributed by atoms with van der Waals surface area (Å²) in [7, 11) is 1.15. The number of amides is 1. The van der Waals surface area contributed by atoms with Crippen molar-refractivity contribution in [2.75, 3.05) is 7.11 Å². The maximum Gasteiger partial charge on any atom is 0.265 e. The summed E-state index contributed by atoms with van der Waals surface area (Å²) in [5, 5.41) is 13.6. The van der Waals surface area contributed by atoms with Crippen LogP contribution in [0.25, 0.3) is 0 Å². The first-order chi connectivity index (χ1) is 14.2. The molecule has 4 rings (SSSR count). The number of aliphatic hydroxyl groups excluding tert-OH is 1. The number of methoxy groups -OCH3 is 1. The molecule has 158 valence electrons.